The second-order valence-corrected chi connectivity index (χ2v) is 7.96. The van der Waals surface area contributed by atoms with Crippen LogP contribution in [0.15, 0.2) is 103 Å². The van der Waals surface area contributed by atoms with Crippen molar-refractivity contribution < 1.29 is 4.74 Å². The molecule has 0 atom stereocenters. The van der Waals surface area contributed by atoms with Crippen molar-refractivity contribution in [2.24, 2.45) is 0 Å². The van der Waals surface area contributed by atoms with Gasteiger partial charge in [0.1, 0.15) is 11.5 Å². The largest absolute Gasteiger partial charge is 0.457 e. The van der Waals surface area contributed by atoms with Crippen LogP contribution in [0, 0.1) is 6.92 Å². The highest BCUT2D eigenvalue weighted by Gasteiger charge is 2.12. The molecule has 0 amide bonds. The third-order valence-electron chi connectivity index (χ3n) is 4.96. The zero-order chi connectivity index (χ0) is 22.2. The summed E-state index contributed by atoms with van der Waals surface area (Å²) in [5.74, 6) is 1.59. The average molecular weight is 440 g/mol. The Hall–Kier alpha value is -3.70. The number of aromatic nitrogens is 1. The van der Waals surface area contributed by atoms with Gasteiger partial charge < -0.3 is 15.0 Å². The van der Waals surface area contributed by atoms with Gasteiger partial charge in [0.25, 0.3) is 0 Å². The Morgan fingerprint density at radius 1 is 0.812 bits per heavy atom. The molecule has 0 radical (unpaired) electrons. The highest BCUT2D eigenvalue weighted by molar-refractivity contribution is 7.80. The molecule has 4 rings (SSSR count). The van der Waals surface area contributed by atoms with Crippen LogP contribution in [0.25, 0.3) is 0 Å². The van der Waals surface area contributed by atoms with E-state index >= 15 is 0 Å². The Kier molecular flexibility index (Phi) is 7.10. The number of nitrogens with one attached hydrogen (secondary N) is 1. The van der Waals surface area contributed by atoms with E-state index in [1.54, 1.807) is 6.20 Å². The molecule has 0 bridgehead atoms. The van der Waals surface area contributed by atoms with Gasteiger partial charge in [-0.2, -0.15) is 0 Å². The lowest BCUT2D eigenvalue weighted by Gasteiger charge is -2.26. The van der Waals surface area contributed by atoms with Gasteiger partial charge in [0.2, 0.25) is 0 Å². The van der Waals surface area contributed by atoms with Crippen LogP contribution in [-0.4, -0.2) is 15.0 Å². The zero-order valence-corrected chi connectivity index (χ0v) is 18.8. The van der Waals surface area contributed by atoms with Crippen molar-refractivity contribution in [2.75, 3.05) is 5.32 Å². The highest BCUT2D eigenvalue weighted by atomic mass is 32.1. The molecule has 0 saturated carbocycles. The molecule has 32 heavy (non-hydrogen) atoms. The fraction of sp³-hybridized carbons (Fsp3) is 0.111. The predicted octanol–water partition coefficient (Wildman–Crippen LogP) is 6.58. The molecule has 0 aliphatic heterocycles. The number of hydrogen-bond acceptors (Lipinski definition) is 3. The minimum Gasteiger partial charge on any atom is -0.457 e. The van der Waals surface area contributed by atoms with Gasteiger partial charge in [0, 0.05) is 31.2 Å². The molecule has 0 aliphatic carbocycles. The van der Waals surface area contributed by atoms with Gasteiger partial charge in [-0.25, -0.2) is 0 Å². The second kappa shape index (κ2) is 10.6. The first-order valence-corrected chi connectivity index (χ1v) is 10.9. The van der Waals surface area contributed by atoms with Gasteiger partial charge in [-0.15, -0.1) is 0 Å². The molecule has 4 nitrogen and oxygen atoms in total. The van der Waals surface area contributed by atoms with Crippen LogP contribution < -0.4 is 10.1 Å². The molecule has 3 aromatic carbocycles. The van der Waals surface area contributed by atoms with Crippen LogP contribution in [0.5, 0.6) is 11.5 Å². The summed E-state index contributed by atoms with van der Waals surface area (Å²) >= 11 is 5.78. The van der Waals surface area contributed by atoms with Gasteiger partial charge >= 0.3 is 0 Å². The summed E-state index contributed by atoms with van der Waals surface area (Å²) < 4.78 is 5.88. The molecule has 0 fully saturated rings. The number of thiocarbonyl (C=S) groups is 1. The van der Waals surface area contributed by atoms with Gasteiger partial charge in [-0.05, 0) is 72.7 Å². The van der Waals surface area contributed by atoms with Crippen LogP contribution in [0.1, 0.15) is 16.7 Å². The topological polar surface area (TPSA) is 37.4 Å². The van der Waals surface area contributed by atoms with E-state index in [0.29, 0.717) is 18.2 Å². The summed E-state index contributed by atoms with van der Waals surface area (Å²) in [7, 11) is 0. The molecule has 1 heterocycles. The molecular weight excluding hydrogens is 414 g/mol. The van der Waals surface area contributed by atoms with E-state index in [-0.39, 0.29) is 0 Å². The van der Waals surface area contributed by atoms with E-state index in [4.69, 9.17) is 17.0 Å². The summed E-state index contributed by atoms with van der Waals surface area (Å²) in [6.07, 6.45) is 3.66. The van der Waals surface area contributed by atoms with Crippen molar-refractivity contribution in [2.45, 2.75) is 20.0 Å². The van der Waals surface area contributed by atoms with Crippen LogP contribution in [-0.2, 0) is 13.1 Å². The third kappa shape index (κ3) is 6.15. The molecule has 0 saturated heterocycles. The highest BCUT2D eigenvalue weighted by Crippen LogP contribution is 2.23. The summed E-state index contributed by atoms with van der Waals surface area (Å²) in [6.45, 7) is 3.47. The molecule has 0 spiro atoms. The molecule has 0 aliphatic rings. The molecule has 1 N–H and O–H groups in total. The lowest BCUT2D eigenvalue weighted by molar-refractivity contribution is 0.412. The normalized spacial score (nSPS) is 10.4. The SMILES string of the molecule is Cc1ccc(CN(Cc2cccnc2)C(=S)Nc2ccc(Oc3ccccc3)cc2)cc1. The minimum atomic E-state index is 0.658. The Morgan fingerprint density at radius 2 is 1.50 bits per heavy atom. The number of anilines is 1. The van der Waals surface area contributed by atoms with Crippen molar-refractivity contribution in [1.29, 1.82) is 0 Å². The third-order valence-corrected chi connectivity index (χ3v) is 5.32. The Bertz CT molecular complexity index is 1130. The molecule has 1 aromatic heterocycles. The molecular formula is C27H25N3OS. The maximum atomic E-state index is 5.88. The fourth-order valence-electron chi connectivity index (χ4n) is 3.26. The summed E-state index contributed by atoms with van der Waals surface area (Å²) in [5.41, 5.74) is 4.46. The molecule has 0 unspecified atom stereocenters. The summed E-state index contributed by atoms with van der Waals surface area (Å²) in [6, 6.07) is 30.1. The van der Waals surface area contributed by atoms with Crippen molar-refractivity contribution in [3.8, 4) is 11.5 Å². The number of para-hydroxylation sites is 1. The number of ether oxygens (including phenoxy) is 1. The van der Waals surface area contributed by atoms with Crippen molar-refractivity contribution in [3.05, 3.63) is 120 Å². The quantitative estimate of drug-likeness (QED) is 0.329. The van der Waals surface area contributed by atoms with Crippen LogP contribution in [0.2, 0.25) is 0 Å². The number of hydrogen-bond donors (Lipinski definition) is 1. The average Bonchev–Trinajstić information content (AvgIpc) is 2.83. The molecule has 160 valence electrons. The van der Waals surface area contributed by atoms with Crippen LogP contribution in [0.3, 0.4) is 0 Å². The van der Waals surface area contributed by atoms with E-state index in [2.05, 4.69) is 52.5 Å². The monoisotopic (exact) mass is 439 g/mol. The standard InChI is InChI=1S/C27H25N3OS/c1-21-9-11-22(12-10-21)19-30(20-23-6-5-17-28-18-23)27(32)29-24-13-15-26(16-14-24)31-25-7-3-2-4-8-25/h2-18H,19-20H2,1H3,(H,29,32). The number of pyridine rings is 1. The number of benzene rings is 3. The van der Waals surface area contributed by atoms with Crippen LogP contribution in [0.4, 0.5) is 5.69 Å². The van der Waals surface area contributed by atoms with E-state index in [1.165, 1.54) is 11.1 Å². The van der Waals surface area contributed by atoms with Crippen molar-refractivity contribution in [1.82, 2.24) is 9.88 Å². The summed E-state index contributed by atoms with van der Waals surface area (Å²) in [5, 5.41) is 4.02. The van der Waals surface area contributed by atoms with Crippen LogP contribution >= 0.6 is 12.2 Å². The van der Waals surface area contributed by atoms with Gasteiger partial charge in [0.15, 0.2) is 5.11 Å². The Labute approximate surface area is 194 Å². The van der Waals surface area contributed by atoms with E-state index in [0.717, 1.165) is 22.7 Å². The lowest BCUT2D eigenvalue weighted by Crippen LogP contribution is -2.33. The van der Waals surface area contributed by atoms with Crippen molar-refractivity contribution >= 4 is 23.0 Å². The second-order valence-electron chi connectivity index (χ2n) is 7.57. The molecule has 4 aromatic rings. The molecule has 5 heteroatoms. The first-order chi connectivity index (χ1) is 15.7. The number of rotatable bonds is 7. The van der Waals surface area contributed by atoms with E-state index in [1.807, 2.05) is 66.9 Å². The van der Waals surface area contributed by atoms with E-state index in [9.17, 15) is 0 Å². The first-order valence-electron chi connectivity index (χ1n) is 10.5. The van der Waals surface area contributed by atoms with Gasteiger partial charge in [0.05, 0.1) is 0 Å². The van der Waals surface area contributed by atoms with Crippen molar-refractivity contribution in [3.63, 3.8) is 0 Å². The van der Waals surface area contributed by atoms with E-state index < -0.39 is 0 Å². The number of aryl methyl sites for hydroxylation is 1. The maximum Gasteiger partial charge on any atom is 0.174 e. The Balaban J connectivity index is 1.45. The van der Waals surface area contributed by atoms with Gasteiger partial charge in [-0.1, -0.05) is 54.1 Å². The predicted molar refractivity (Wildman–Crippen MR) is 134 cm³/mol. The smallest absolute Gasteiger partial charge is 0.174 e. The fourth-order valence-corrected chi connectivity index (χ4v) is 3.51. The first kappa shape index (κ1) is 21.5. The number of nitrogens with zero attached hydrogens (tertiary/aromatic N) is 2. The summed E-state index contributed by atoms with van der Waals surface area (Å²) in [4.78, 5) is 6.38. The maximum absolute atomic E-state index is 5.88. The van der Waals surface area contributed by atoms with Gasteiger partial charge in [-0.3, -0.25) is 4.98 Å². The Morgan fingerprint density at radius 3 is 2.19 bits per heavy atom. The zero-order valence-electron chi connectivity index (χ0n) is 17.9. The minimum absolute atomic E-state index is 0.658. The lowest BCUT2D eigenvalue weighted by atomic mass is 10.1.